The molecule has 4 bridgehead atoms. The number of hydrazone groups is 2. The number of rotatable bonds is 9. The molecule has 0 aromatic carbocycles. The molecule has 7 atom stereocenters. The number of amides is 2. The van der Waals surface area contributed by atoms with Crippen molar-refractivity contribution in [1.82, 2.24) is 10.9 Å². The van der Waals surface area contributed by atoms with Gasteiger partial charge in [-0.3, -0.25) is 9.59 Å². The first kappa shape index (κ1) is 21.5. The predicted octanol–water partition coefficient (Wildman–Crippen LogP) is 4.12. The molecule has 4 fully saturated rings. The van der Waals surface area contributed by atoms with Crippen LogP contribution in [0.15, 0.2) is 10.2 Å². The Kier molecular flexibility index (Phi) is 6.89. The maximum absolute atomic E-state index is 12.7. The van der Waals surface area contributed by atoms with Gasteiger partial charge in [0, 0.05) is 12.4 Å². The van der Waals surface area contributed by atoms with Gasteiger partial charge < -0.3 is 0 Å². The summed E-state index contributed by atoms with van der Waals surface area (Å²) < 4.78 is 0. The van der Waals surface area contributed by atoms with E-state index in [4.69, 9.17) is 0 Å². The van der Waals surface area contributed by atoms with E-state index in [1.807, 2.05) is 12.4 Å². The maximum atomic E-state index is 12.7. The topological polar surface area (TPSA) is 82.9 Å². The van der Waals surface area contributed by atoms with Crippen LogP contribution in [0, 0.1) is 47.3 Å². The summed E-state index contributed by atoms with van der Waals surface area (Å²) in [7, 11) is 0. The van der Waals surface area contributed by atoms with Gasteiger partial charge in [-0.15, -0.1) is 0 Å². The van der Waals surface area contributed by atoms with Gasteiger partial charge in [-0.2, -0.15) is 10.2 Å². The van der Waals surface area contributed by atoms with Gasteiger partial charge in [0.25, 0.3) is 11.8 Å². The smallest absolute Gasteiger partial charge is 0.252 e. The summed E-state index contributed by atoms with van der Waals surface area (Å²) in [6.07, 6.45) is 15.4. The van der Waals surface area contributed by atoms with Crippen molar-refractivity contribution in [3.05, 3.63) is 0 Å². The van der Waals surface area contributed by atoms with Crippen LogP contribution in [0.4, 0.5) is 0 Å². The van der Waals surface area contributed by atoms with Crippen LogP contribution >= 0.6 is 0 Å². The van der Waals surface area contributed by atoms with Crippen molar-refractivity contribution < 1.29 is 9.59 Å². The van der Waals surface area contributed by atoms with Crippen LogP contribution in [0.1, 0.15) is 78.1 Å². The van der Waals surface area contributed by atoms with Gasteiger partial charge in [0.1, 0.15) is 5.92 Å². The summed E-state index contributed by atoms with van der Waals surface area (Å²) in [6.45, 7) is 4.21. The van der Waals surface area contributed by atoms with Gasteiger partial charge in [0.05, 0.1) is 0 Å². The Bertz CT molecular complexity index is 637. The molecule has 0 aromatic rings. The molecule has 1 unspecified atom stereocenters. The molecular formula is C24H38N4O2. The fourth-order valence-electron chi connectivity index (χ4n) is 6.38. The van der Waals surface area contributed by atoms with Gasteiger partial charge in [-0.25, -0.2) is 10.9 Å². The summed E-state index contributed by atoms with van der Waals surface area (Å²) in [5.41, 5.74) is 5.29. The molecule has 2 amide bonds. The highest BCUT2D eigenvalue weighted by Gasteiger charge is 2.39. The van der Waals surface area contributed by atoms with Crippen LogP contribution in [-0.2, 0) is 9.59 Å². The maximum Gasteiger partial charge on any atom is 0.252 e. The van der Waals surface area contributed by atoms with E-state index in [2.05, 4.69) is 34.9 Å². The summed E-state index contributed by atoms with van der Waals surface area (Å²) in [5, 5.41) is 8.46. The standard InChI is InChI=1S/C24H38N4O2/c1-15(2)3-8-22(23(29)27-25-13-20-11-16-4-6-18(20)9-16)24(30)28-26-14-21-12-17-5-7-19(21)10-17/h13-22H,3-12H2,1-2H3,(H,27,29)(H,28,30)/b25-13+,26-14+/t16-,17-,18-,19+,20+,21-,22?/m0/s1. The first-order chi connectivity index (χ1) is 14.5. The molecule has 30 heavy (non-hydrogen) atoms. The van der Waals surface area contributed by atoms with Crippen LogP contribution in [0.2, 0.25) is 0 Å². The lowest BCUT2D eigenvalue weighted by Gasteiger charge is -2.18. The molecule has 0 aliphatic heterocycles. The second kappa shape index (κ2) is 9.61. The molecule has 0 spiro atoms. The van der Waals surface area contributed by atoms with Crippen molar-refractivity contribution in [2.75, 3.05) is 0 Å². The third kappa shape index (κ3) is 5.12. The minimum atomic E-state index is -0.748. The van der Waals surface area contributed by atoms with E-state index >= 15 is 0 Å². The number of fused-ring (bicyclic) bond motifs is 4. The largest absolute Gasteiger partial charge is 0.272 e. The van der Waals surface area contributed by atoms with E-state index in [1.54, 1.807) is 0 Å². The minimum Gasteiger partial charge on any atom is -0.272 e. The fourth-order valence-corrected chi connectivity index (χ4v) is 6.38. The highest BCUT2D eigenvalue weighted by Crippen LogP contribution is 2.48. The second-order valence-corrected chi connectivity index (χ2v) is 10.7. The van der Waals surface area contributed by atoms with Gasteiger partial charge in [-0.05, 0) is 92.8 Å². The van der Waals surface area contributed by atoms with E-state index in [0.29, 0.717) is 24.2 Å². The Morgan fingerprint density at radius 1 is 0.800 bits per heavy atom. The van der Waals surface area contributed by atoms with Crippen LogP contribution in [0.5, 0.6) is 0 Å². The Morgan fingerprint density at radius 2 is 1.30 bits per heavy atom. The van der Waals surface area contributed by atoms with Crippen molar-refractivity contribution in [2.24, 2.45) is 57.5 Å². The summed E-state index contributed by atoms with van der Waals surface area (Å²) in [4.78, 5) is 25.4. The van der Waals surface area contributed by atoms with Gasteiger partial charge in [0.2, 0.25) is 0 Å². The highest BCUT2D eigenvalue weighted by atomic mass is 16.2. The number of nitrogens with zero attached hydrogens (tertiary/aromatic N) is 2. The van der Waals surface area contributed by atoms with Gasteiger partial charge in [-0.1, -0.05) is 26.7 Å². The molecule has 2 N–H and O–H groups in total. The molecule has 0 aromatic heterocycles. The minimum absolute atomic E-state index is 0.317. The lowest BCUT2D eigenvalue weighted by Crippen LogP contribution is -2.38. The summed E-state index contributed by atoms with van der Waals surface area (Å²) in [5.74, 6) is 3.18. The Labute approximate surface area is 180 Å². The van der Waals surface area contributed by atoms with Crippen molar-refractivity contribution in [3.63, 3.8) is 0 Å². The van der Waals surface area contributed by atoms with Crippen molar-refractivity contribution in [3.8, 4) is 0 Å². The first-order valence-electron chi connectivity index (χ1n) is 12.2. The van der Waals surface area contributed by atoms with Gasteiger partial charge >= 0.3 is 0 Å². The summed E-state index contributed by atoms with van der Waals surface area (Å²) in [6, 6.07) is 0. The van der Waals surface area contributed by atoms with Crippen LogP contribution < -0.4 is 10.9 Å². The monoisotopic (exact) mass is 414 g/mol. The molecule has 4 aliphatic rings. The third-order valence-corrected chi connectivity index (χ3v) is 8.13. The summed E-state index contributed by atoms with van der Waals surface area (Å²) >= 11 is 0. The van der Waals surface area contributed by atoms with E-state index in [1.165, 1.54) is 51.4 Å². The SMILES string of the molecule is CC(C)CCC(C(=O)N/N=C/[C@@H]1C[C@H]2CC[C@@H]1C2)C(=O)N/N=C/[C@H]1C[C@H]2CC[C@H]1C2. The Morgan fingerprint density at radius 3 is 1.67 bits per heavy atom. The molecular weight excluding hydrogens is 376 g/mol. The lowest BCUT2D eigenvalue weighted by atomic mass is 9.90. The predicted molar refractivity (Wildman–Crippen MR) is 119 cm³/mol. The van der Waals surface area contributed by atoms with E-state index in [0.717, 1.165) is 30.1 Å². The van der Waals surface area contributed by atoms with Gasteiger partial charge in [0.15, 0.2) is 0 Å². The van der Waals surface area contributed by atoms with E-state index in [9.17, 15) is 9.59 Å². The van der Waals surface area contributed by atoms with E-state index in [-0.39, 0.29) is 11.8 Å². The van der Waals surface area contributed by atoms with E-state index < -0.39 is 5.92 Å². The van der Waals surface area contributed by atoms with Crippen molar-refractivity contribution in [1.29, 1.82) is 0 Å². The van der Waals surface area contributed by atoms with Crippen LogP contribution in [0.3, 0.4) is 0 Å². The first-order valence-corrected chi connectivity index (χ1v) is 12.2. The quantitative estimate of drug-likeness (QED) is 0.338. The molecule has 0 heterocycles. The van der Waals surface area contributed by atoms with Crippen molar-refractivity contribution >= 4 is 24.2 Å². The zero-order valence-corrected chi connectivity index (χ0v) is 18.6. The molecule has 4 aliphatic carbocycles. The zero-order valence-electron chi connectivity index (χ0n) is 18.6. The molecule has 0 saturated heterocycles. The molecule has 166 valence electrons. The lowest BCUT2D eigenvalue weighted by molar-refractivity contribution is -0.135. The third-order valence-electron chi connectivity index (χ3n) is 8.13. The average molecular weight is 415 g/mol. The normalized spacial score (nSPS) is 35.7. The second-order valence-electron chi connectivity index (χ2n) is 10.7. The molecule has 0 radical (unpaired) electrons. The van der Waals surface area contributed by atoms with Crippen LogP contribution in [0.25, 0.3) is 0 Å². The average Bonchev–Trinajstić information content (AvgIpc) is 3.49. The molecule has 6 heteroatoms. The Balaban J connectivity index is 1.28. The number of nitrogens with one attached hydrogen (secondary N) is 2. The molecule has 4 rings (SSSR count). The van der Waals surface area contributed by atoms with Crippen molar-refractivity contribution in [2.45, 2.75) is 78.1 Å². The fraction of sp³-hybridized carbons (Fsp3) is 0.833. The van der Waals surface area contributed by atoms with Crippen LogP contribution in [-0.4, -0.2) is 24.2 Å². The number of hydrogen-bond donors (Lipinski definition) is 2. The number of carbonyl (C=O) groups excluding carboxylic acids is 2. The number of carbonyl (C=O) groups is 2. The molecule has 6 nitrogen and oxygen atoms in total. The Hall–Kier alpha value is -1.72. The number of hydrogen-bond acceptors (Lipinski definition) is 4. The zero-order chi connectivity index (χ0) is 21.1. The highest BCUT2D eigenvalue weighted by molar-refractivity contribution is 6.00. The molecule has 4 saturated carbocycles.